The molecule has 1 aromatic rings. The van der Waals surface area contributed by atoms with Gasteiger partial charge in [-0.15, -0.1) is 11.3 Å². The van der Waals surface area contributed by atoms with Crippen LogP contribution in [0.15, 0.2) is 6.07 Å². The van der Waals surface area contributed by atoms with Crippen LogP contribution in [0.4, 0.5) is 0 Å². The van der Waals surface area contributed by atoms with Crippen LogP contribution in [0, 0.1) is 6.92 Å². The number of sulfone groups is 1. The van der Waals surface area contributed by atoms with Crippen molar-refractivity contribution in [2.24, 2.45) is 0 Å². The number of aryl methyl sites for hydroxylation is 2. The quantitative estimate of drug-likeness (QED) is 0.876. The average Bonchev–Trinajstić information content (AvgIpc) is 2.56. The summed E-state index contributed by atoms with van der Waals surface area (Å²) in [6, 6.07) is 2.38. The van der Waals surface area contributed by atoms with Gasteiger partial charge in [0.2, 0.25) is 0 Å². The zero-order valence-corrected chi connectivity index (χ0v) is 13.4. The molecular formula is C13H23NO2S2. The summed E-state index contributed by atoms with van der Waals surface area (Å²) in [7, 11) is -2.92. The Kier molecular flexibility index (Phi) is 5.37. The fraction of sp³-hybridized carbons (Fsp3) is 0.692. The van der Waals surface area contributed by atoms with Crippen molar-refractivity contribution in [3.8, 4) is 0 Å². The lowest BCUT2D eigenvalue weighted by Gasteiger charge is -2.18. The van der Waals surface area contributed by atoms with Gasteiger partial charge < -0.3 is 5.32 Å². The Morgan fingerprint density at radius 2 is 2.00 bits per heavy atom. The van der Waals surface area contributed by atoms with E-state index < -0.39 is 9.84 Å². The van der Waals surface area contributed by atoms with Gasteiger partial charge in [0.15, 0.2) is 0 Å². The number of hydrogen-bond donors (Lipinski definition) is 1. The number of rotatable bonds is 6. The molecule has 1 N–H and O–H groups in total. The number of nitrogens with one attached hydrogen (secondary N) is 1. The van der Waals surface area contributed by atoms with E-state index in [0.29, 0.717) is 0 Å². The standard InChI is InChI=1S/C13H23NO2S2/c1-6-12-9(2)7-13(17-12)11(4)14-10(3)8-18(5,15)16/h7,10-11,14H,6,8H2,1-5H3/t10-,11-/m0/s1. The molecular weight excluding hydrogens is 266 g/mol. The van der Waals surface area contributed by atoms with Crippen LogP contribution in [0.3, 0.4) is 0 Å². The van der Waals surface area contributed by atoms with Crippen LogP contribution >= 0.6 is 11.3 Å². The smallest absolute Gasteiger partial charge is 0.148 e. The third-order valence-electron chi connectivity index (χ3n) is 2.87. The Morgan fingerprint density at radius 3 is 2.44 bits per heavy atom. The third-order valence-corrected chi connectivity index (χ3v) is 5.54. The highest BCUT2D eigenvalue weighted by Gasteiger charge is 2.16. The Hall–Kier alpha value is -0.390. The summed E-state index contributed by atoms with van der Waals surface area (Å²) >= 11 is 1.82. The highest BCUT2D eigenvalue weighted by atomic mass is 32.2. The van der Waals surface area contributed by atoms with Crippen LogP contribution in [0.1, 0.15) is 42.1 Å². The minimum absolute atomic E-state index is 0.0255. The Balaban J connectivity index is 2.67. The Bertz CT molecular complexity index is 491. The van der Waals surface area contributed by atoms with Crippen molar-refractivity contribution in [2.75, 3.05) is 12.0 Å². The van der Waals surface area contributed by atoms with Gasteiger partial charge in [-0.3, -0.25) is 0 Å². The van der Waals surface area contributed by atoms with E-state index in [2.05, 4.69) is 32.2 Å². The summed E-state index contributed by atoms with van der Waals surface area (Å²) in [5.41, 5.74) is 1.34. The predicted octanol–water partition coefficient (Wildman–Crippen LogP) is 2.70. The van der Waals surface area contributed by atoms with Crippen molar-refractivity contribution in [3.05, 3.63) is 21.4 Å². The molecule has 0 saturated heterocycles. The molecule has 0 aliphatic heterocycles. The van der Waals surface area contributed by atoms with Crippen LogP contribution in [0.2, 0.25) is 0 Å². The van der Waals surface area contributed by atoms with Gasteiger partial charge in [-0.25, -0.2) is 8.42 Å². The summed E-state index contributed by atoms with van der Waals surface area (Å²) < 4.78 is 22.5. The van der Waals surface area contributed by atoms with E-state index >= 15 is 0 Å². The van der Waals surface area contributed by atoms with Gasteiger partial charge in [-0.1, -0.05) is 6.92 Å². The molecule has 5 heteroatoms. The fourth-order valence-electron chi connectivity index (χ4n) is 2.12. The van der Waals surface area contributed by atoms with E-state index in [4.69, 9.17) is 0 Å². The molecule has 0 unspecified atom stereocenters. The minimum Gasteiger partial charge on any atom is -0.306 e. The van der Waals surface area contributed by atoms with E-state index in [9.17, 15) is 8.42 Å². The molecule has 0 radical (unpaired) electrons. The normalized spacial score (nSPS) is 15.6. The fourth-order valence-corrected chi connectivity index (χ4v) is 4.26. The molecule has 0 aliphatic carbocycles. The first-order chi connectivity index (χ1) is 8.23. The monoisotopic (exact) mass is 289 g/mol. The molecule has 1 heterocycles. The van der Waals surface area contributed by atoms with E-state index in [1.165, 1.54) is 21.6 Å². The van der Waals surface area contributed by atoms with Crippen LogP contribution in [0.5, 0.6) is 0 Å². The van der Waals surface area contributed by atoms with Crippen molar-refractivity contribution < 1.29 is 8.42 Å². The first kappa shape index (κ1) is 15.7. The van der Waals surface area contributed by atoms with E-state index in [1.54, 1.807) is 0 Å². The molecule has 3 nitrogen and oxygen atoms in total. The Morgan fingerprint density at radius 1 is 1.39 bits per heavy atom. The second kappa shape index (κ2) is 6.17. The summed E-state index contributed by atoms with van der Waals surface area (Å²) in [5, 5.41) is 3.35. The first-order valence-electron chi connectivity index (χ1n) is 6.26. The molecule has 2 atom stereocenters. The van der Waals surface area contributed by atoms with E-state index in [-0.39, 0.29) is 17.8 Å². The molecule has 0 amide bonds. The van der Waals surface area contributed by atoms with Gasteiger partial charge in [0.05, 0.1) is 5.75 Å². The van der Waals surface area contributed by atoms with E-state index in [1.807, 2.05) is 18.3 Å². The lowest BCUT2D eigenvalue weighted by molar-refractivity contribution is 0.505. The molecule has 18 heavy (non-hydrogen) atoms. The molecule has 0 bridgehead atoms. The maximum Gasteiger partial charge on any atom is 0.148 e. The lowest BCUT2D eigenvalue weighted by atomic mass is 10.2. The number of hydrogen-bond acceptors (Lipinski definition) is 4. The average molecular weight is 289 g/mol. The molecule has 0 aromatic carbocycles. The van der Waals surface area contributed by atoms with Gasteiger partial charge in [0.1, 0.15) is 9.84 Å². The maximum absolute atomic E-state index is 11.2. The Labute approximate surface area is 115 Å². The predicted molar refractivity (Wildman–Crippen MR) is 79.2 cm³/mol. The summed E-state index contributed by atoms with van der Waals surface area (Å²) in [6.45, 7) is 8.29. The largest absolute Gasteiger partial charge is 0.306 e. The van der Waals surface area contributed by atoms with Gasteiger partial charge in [-0.05, 0) is 38.8 Å². The summed E-state index contributed by atoms with van der Waals surface area (Å²) in [5.74, 6) is 0.183. The molecule has 0 fully saturated rings. The van der Waals surface area contributed by atoms with Crippen molar-refractivity contribution in [1.29, 1.82) is 0 Å². The van der Waals surface area contributed by atoms with Crippen LogP contribution < -0.4 is 5.32 Å². The maximum atomic E-state index is 11.2. The SMILES string of the molecule is CCc1sc([C@H](C)N[C@@H](C)CS(C)(=O)=O)cc1C. The second-order valence-corrected chi connectivity index (χ2v) is 8.34. The van der Waals surface area contributed by atoms with Gasteiger partial charge in [0, 0.05) is 28.1 Å². The van der Waals surface area contributed by atoms with Crippen molar-refractivity contribution >= 4 is 21.2 Å². The minimum atomic E-state index is -2.92. The second-order valence-electron chi connectivity index (χ2n) is 4.99. The highest BCUT2D eigenvalue weighted by molar-refractivity contribution is 7.90. The van der Waals surface area contributed by atoms with Gasteiger partial charge in [0.25, 0.3) is 0 Å². The topological polar surface area (TPSA) is 46.2 Å². The molecule has 0 aliphatic rings. The number of thiophene rings is 1. The summed E-state index contributed by atoms with van der Waals surface area (Å²) in [4.78, 5) is 2.69. The lowest BCUT2D eigenvalue weighted by Crippen LogP contribution is -2.34. The molecule has 0 saturated carbocycles. The third kappa shape index (κ3) is 4.71. The molecule has 1 aromatic heterocycles. The van der Waals surface area contributed by atoms with Crippen molar-refractivity contribution in [3.63, 3.8) is 0 Å². The van der Waals surface area contributed by atoms with Crippen LogP contribution in [0.25, 0.3) is 0 Å². The molecule has 0 spiro atoms. The van der Waals surface area contributed by atoms with Crippen molar-refractivity contribution in [1.82, 2.24) is 5.32 Å². The zero-order valence-electron chi connectivity index (χ0n) is 11.8. The molecule has 104 valence electrons. The van der Waals surface area contributed by atoms with Crippen molar-refractivity contribution in [2.45, 2.75) is 46.2 Å². The summed E-state index contributed by atoms with van der Waals surface area (Å²) in [6.07, 6.45) is 2.34. The zero-order chi connectivity index (χ0) is 13.9. The highest BCUT2D eigenvalue weighted by Crippen LogP contribution is 2.27. The van der Waals surface area contributed by atoms with E-state index in [0.717, 1.165) is 6.42 Å². The first-order valence-corrected chi connectivity index (χ1v) is 9.13. The molecule has 1 rings (SSSR count). The van der Waals surface area contributed by atoms with Crippen LogP contribution in [-0.2, 0) is 16.3 Å². The van der Waals surface area contributed by atoms with Gasteiger partial charge >= 0.3 is 0 Å². The van der Waals surface area contributed by atoms with Gasteiger partial charge in [-0.2, -0.15) is 0 Å². The van der Waals surface area contributed by atoms with Crippen LogP contribution in [-0.4, -0.2) is 26.5 Å².